The van der Waals surface area contributed by atoms with Gasteiger partial charge in [0.1, 0.15) is 4.88 Å². The summed E-state index contributed by atoms with van der Waals surface area (Å²) in [7, 11) is 0. The van der Waals surface area contributed by atoms with E-state index in [1.165, 1.54) is 11.3 Å². The number of aromatic nitrogens is 1. The van der Waals surface area contributed by atoms with Crippen LogP contribution < -0.4 is 5.32 Å². The van der Waals surface area contributed by atoms with Crippen molar-refractivity contribution in [2.75, 3.05) is 19.8 Å². The lowest BCUT2D eigenvalue weighted by Crippen LogP contribution is -2.39. The summed E-state index contributed by atoms with van der Waals surface area (Å²) in [6.07, 6.45) is 1.45. The molecule has 0 radical (unpaired) electrons. The van der Waals surface area contributed by atoms with Crippen LogP contribution in [0.5, 0.6) is 0 Å². The Kier molecular flexibility index (Phi) is 5.75. The Morgan fingerprint density at radius 3 is 2.65 bits per heavy atom. The van der Waals surface area contributed by atoms with Crippen molar-refractivity contribution in [1.82, 2.24) is 10.3 Å². The molecule has 0 aromatic carbocycles. The van der Waals surface area contributed by atoms with Crippen LogP contribution >= 0.6 is 11.3 Å². The van der Waals surface area contributed by atoms with Gasteiger partial charge < -0.3 is 15.2 Å². The molecule has 2 N–H and O–H groups in total. The van der Waals surface area contributed by atoms with Crippen molar-refractivity contribution in [1.29, 1.82) is 0 Å². The highest BCUT2D eigenvalue weighted by atomic mass is 32.1. The molecule has 1 fully saturated rings. The lowest BCUT2D eigenvalue weighted by molar-refractivity contribution is -0.144. The van der Waals surface area contributed by atoms with Crippen molar-refractivity contribution in [3.63, 3.8) is 0 Å². The monoisotopic (exact) mass is 340 g/mol. The summed E-state index contributed by atoms with van der Waals surface area (Å²) in [5, 5.41) is 12.2. The number of carboxylic acid groups (broad SMARTS) is 1. The van der Waals surface area contributed by atoms with Gasteiger partial charge in [0.2, 0.25) is 0 Å². The molecule has 0 saturated carbocycles. The van der Waals surface area contributed by atoms with E-state index in [2.05, 4.69) is 10.3 Å². The average molecular weight is 340 g/mol. The molecule has 2 rings (SSSR count). The summed E-state index contributed by atoms with van der Waals surface area (Å²) < 4.78 is 5.28. The van der Waals surface area contributed by atoms with Gasteiger partial charge >= 0.3 is 5.97 Å². The number of hydrogen-bond donors (Lipinski definition) is 2. The van der Waals surface area contributed by atoms with E-state index in [0.29, 0.717) is 18.1 Å². The van der Waals surface area contributed by atoms with Gasteiger partial charge in [0.15, 0.2) is 0 Å². The molecule has 1 amide bonds. The minimum atomic E-state index is -0.863. The molecule has 0 spiro atoms. The molecule has 1 saturated heterocycles. The van der Waals surface area contributed by atoms with Crippen LogP contribution in [0.15, 0.2) is 5.51 Å². The van der Waals surface area contributed by atoms with Gasteiger partial charge in [0, 0.05) is 25.2 Å². The standard InChI is InChI=1S/C16H24N2O4S/c1-16(2,3)13-12(23-9-18-13)14(19)17-8-11(15(20)21)10-4-6-22-7-5-10/h9-11H,4-8H2,1-3H3,(H,17,19)(H,20,21). The van der Waals surface area contributed by atoms with Crippen molar-refractivity contribution < 1.29 is 19.4 Å². The van der Waals surface area contributed by atoms with Crippen LogP contribution in [0, 0.1) is 11.8 Å². The maximum absolute atomic E-state index is 12.4. The summed E-state index contributed by atoms with van der Waals surface area (Å²) in [5.74, 6) is -1.63. The smallest absolute Gasteiger partial charge is 0.308 e. The molecule has 1 aromatic rings. The molecule has 1 aliphatic heterocycles. The summed E-state index contributed by atoms with van der Waals surface area (Å²) in [4.78, 5) is 28.8. The van der Waals surface area contributed by atoms with Gasteiger partial charge in [0.25, 0.3) is 5.91 Å². The Balaban J connectivity index is 2.02. The van der Waals surface area contributed by atoms with Crippen molar-refractivity contribution in [3.05, 3.63) is 16.1 Å². The van der Waals surface area contributed by atoms with E-state index in [1.807, 2.05) is 20.8 Å². The molecular formula is C16H24N2O4S. The fourth-order valence-electron chi connectivity index (χ4n) is 2.80. The molecule has 0 bridgehead atoms. The molecule has 1 aliphatic rings. The second-order valence-corrected chi connectivity index (χ2v) is 7.74. The lowest BCUT2D eigenvalue weighted by atomic mass is 9.86. The number of carbonyl (C=O) groups is 2. The summed E-state index contributed by atoms with van der Waals surface area (Å²) in [6.45, 7) is 7.32. The Morgan fingerprint density at radius 1 is 1.43 bits per heavy atom. The molecule has 2 heterocycles. The van der Waals surface area contributed by atoms with Crippen LogP contribution in [0.25, 0.3) is 0 Å². The number of carboxylic acids is 1. The fourth-order valence-corrected chi connectivity index (χ4v) is 3.71. The maximum Gasteiger partial charge on any atom is 0.308 e. The fraction of sp³-hybridized carbons (Fsp3) is 0.688. The van der Waals surface area contributed by atoms with E-state index in [-0.39, 0.29) is 23.8 Å². The Morgan fingerprint density at radius 2 is 2.09 bits per heavy atom. The Bertz CT molecular complexity index is 559. The zero-order chi connectivity index (χ0) is 17.0. The second kappa shape index (κ2) is 7.40. The topological polar surface area (TPSA) is 88.5 Å². The number of thiazole rings is 1. The molecule has 23 heavy (non-hydrogen) atoms. The van der Waals surface area contributed by atoms with Crippen molar-refractivity contribution in [2.45, 2.75) is 39.0 Å². The van der Waals surface area contributed by atoms with Crippen molar-refractivity contribution in [3.8, 4) is 0 Å². The number of hydrogen-bond acceptors (Lipinski definition) is 5. The largest absolute Gasteiger partial charge is 0.481 e. The zero-order valence-electron chi connectivity index (χ0n) is 13.8. The first-order chi connectivity index (χ1) is 10.8. The molecule has 1 unspecified atom stereocenters. The van der Waals surface area contributed by atoms with Crippen LogP contribution in [0.4, 0.5) is 0 Å². The van der Waals surface area contributed by atoms with Gasteiger partial charge in [-0.2, -0.15) is 0 Å². The Labute approximate surface area is 140 Å². The number of nitrogens with zero attached hydrogens (tertiary/aromatic N) is 1. The normalized spacial score (nSPS) is 17.7. The summed E-state index contributed by atoms with van der Waals surface area (Å²) >= 11 is 1.29. The lowest BCUT2D eigenvalue weighted by Gasteiger charge is -2.27. The van der Waals surface area contributed by atoms with Gasteiger partial charge in [-0.25, -0.2) is 4.98 Å². The molecule has 6 nitrogen and oxygen atoms in total. The molecule has 1 aromatic heterocycles. The highest BCUT2D eigenvalue weighted by molar-refractivity contribution is 7.11. The second-order valence-electron chi connectivity index (χ2n) is 6.88. The SMILES string of the molecule is CC(C)(C)c1ncsc1C(=O)NCC(C(=O)O)C1CCOCC1. The molecule has 7 heteroatoms. The third kappa shape index (κ3) is 4.51. The third-order valence-corrected chi connectivity index (χ3v) is 4.94. The van der Waals surface area contributed by atoms with Crippen LogP contribution in [0.2, 0.25) is 0 Å². The highest BCUT2D eigenvalue weighted by Gasteiger charge is 2.31. The minimum absolute atomic E-state index is 0.0464. The summed E-state index contributed by atoms with van der Waals surface area (Å²) in [6, 6.07) is 0. The van der Waals surface area contributed by atoms with Crippen LogP contribution in [-0.2, 0) is 14.9 Å². The van der Waals surface area contributed by atoms with Crippen molar-refractivity contribution in [2.24, 2.45) is 11.8 Å². The van der Waals surface area contributed by atoms with Gasteiger partial charge in [-0.05, 0) is 18.8 Å². The van der Waals surface area contributed by atoms with Crippen LogP contribution in [0.3, 0.4) is 0 Å². The quantitative estimate of drug-likeness (QED) is 0.858. The van der Waals surface area contributed by atoms with Crippen LogP contribution in [-0.4, -0.2) is 41.7 Å². The molecular weight excluding hydrogens is 316 g/mol. The van der Waals surface area contributed by atoms with Gasteiger partial charge in [-0.15, -0.1) is 11.3 Å². The number of aliphatic carboxylic acids is 1. The first kappa shape index (κ1) is 17.9. The average Bonchev–Trinajstić information content (AvgIpc) is 2.97. The first-order valence-corrected chi connectivity index (χ1v) is 8.71. The zero-order valence-corrected chi connectivity index (χ0v) is 14.6. The van der Waals surface area contributed by atoms with E-state index in [0.717, 1.165) is 18.5 Å². The molecule has 1 atom stereocenters. The number of amides is 1. The minimum Gasteiger partial charge on any atom is -0.481 e. The third-order valence-electron chi connectivity index (χ3n) is 4.12. The van der Waals surface area contributed by atoms with Gasteiger partial charge in [-0.1, -0.05) is 20.8 Å². The molecule has 128 valence electrons. The number of rotatable bonds is 5. The van der Waals surface area contributed by atoms with Crippen molar-refractivity contribution >= 4 is 23.2 Å². The summed E-state index contributed by atoms with van der Waals surface area (Å²) in [5.41, 5.74) is 2.18. The van der Waals surface area contributed by atoms with Gasteiger partial charge in [0.05, 0.1) is 17.1 Å². The highest BCUT2D eigenvalue weighted by Crippen LogP contribution is 2.27. The molecule has 0 aliphatic carbocycles. The maximum atomic E-state index is 12.4. The first-order valence-electron chi connectivity index (χ1n) is 7.83. The predicted octanol–water partition coefficient (Wildman–Crippen LogP) is 2.30. The number of carbonyl (C=O) groups excluding carboxylic acids is 1. The van der Waals surface area contributed by atoms with Gasteiger partial charge in [-0.3, -0.25) is 9.59 Å². The predicted molar refractivity (Wildman–Crippen MR) is 87.8 cm³/mol. The van der Waals surface area contributed by atoms with E-state index in [9.17, 15) is 14.7 Å². The number of nitrogens with one attached hydrogen (secondary N) is 1. The van der Waals surface area contributed by atoms with Crippen LogP contribution in [0.1, 0.15) is 49.0 Å². The Hall–Kier alpha value is -1.47. The van der Waals surface area contributed by atoms with E-state index >= 15 is 0 Å². The van der Waals surface area contributed by atoms with E-state index in [1.54, 1.807) is 5.51 Å². The number of ether oxygens (including phenoxy) is 1. The van der Waals surface area contributed by atoms with E-state index < -0.39 is 11.9 Å². The van der Waals surface area contributed by atoms with E-state index in [4.69, 9.17) is 4.74 Å².